The third kappa shape index (κ3) is 6.21. The van der Waals surface area contributed by atoms with Gasteiger partial charge in [-0.2, -0.15) is 0 Å². The monoisotopic (exact) mass is 322 g/mol. The zero-order chi connectivity index (χ0) is 17.2. The summed E-state index contributed by atoms with van der Waals surface area (Å²) in [5, 5.41) is 0. The van der Waals surface area contributed by atoms with Gasteiger partial charge in [0.1, 0.15) is 11.5 Å². The Balaban J connectivity index is 2.61. The Morgan fingerprint density at radius 2 is 1.57 bits per heavy atom. The molecule has 1 unspecified atom stereocenters. The van der Waals surface area contributed by atoms with E-state index in [1.807, 2.05) is 0 Å². The highest BCUT2D eigenvalue weighted by atomic mass is 16.6. The molecule has 23 heavy (non-hydrogen) atoms. The number of carbonyl (C=O) groups excluding carboxylic acids is 3. The van der Waals surface area contributed by atoms with Gasteiger partial charge < -0.3 is 18.9 Å². The molecule has 0 bridgehead atoms. The second-order valence-electron chi connectivity index (χ2n) is 4.29. The predicted molar refractivity (Wildman–Crippen MR) is 80.0 cm³/mol. The SMILES string of the molecule is CCC(OC(=O)/C=C/C(=O)OC)C(=O)Oc1ccc(OC)cc1. The lowest BCUT2D eigenvalue weighted by atomic mass is 10.2. The molecule has 0 aromatic heterocycles. The maximum Gasteiger partial charge on any atom is 0.352 e. The molecule has 0 amide bonds. The van der Waals surface area contributed by atoms with Crippen LogP contribution in [0.15, 0.2) is 36.4 Å². The fourth-order valence-electron chi connectivity index (χ4n) is 1.51. The van der Waals surface area contributed by atoms with E-state index in [-0.39, 0.29) is 6.42 Å². The van der Waals surface area contributed by atoms with E-state index < -0.39 is 24.0 Å². The van der Waals surface area contributed by atoms with Crippen molar-refractivity contribution in [3.8, 4) is 11.5 Å². The van der Waals surface area contributed by atoms with Gasteiger partial charge >= 0.3 is 17.9 Å². The van der Waals surface area contributed by atoms with E-state index in [9.17, 15) is 14.4 Å². The molecule has 0 aliphatic rings. The standard InChI is InChI=1S/C16H18O7/c1-4-13(23-15(18)10-9-14(17)21-3)16(19)22-12-7-5-11(20-2)6-8-12/h5-10,13H,4H2,1-3H3/b10-9+. The van der Waals surface area contributed by atoms with E-state index in [2.05, 4.69) is 4.74 Å². The van der Waals surface area contributed by atoms with Gasteiger partial charge in [0.25, 0.3) is 0 Å². The van der Waals surface area contributed by atoms with Crippen molar-refractivity contribution in [2.24, 2.45) is 0 Å². The molecule has 7 nitrogen and oxygen atoms in total. The van der Waals surface area contributed by atoms with Crippen LogP contribution in [0, 0.1) is 0 Å². The van der Waals surface area contributed by atoms with E-state index in [1.165, 1.54) is 14.2 Å². The fraction of sp³-hybridized carbons (Fsp3) is 0.312. The molecule has 0 saturated carbocycles. The van der Waals surface area contributed by atoms with Crippen molar-refractivity contribution in [2.45, 2.75) is 19.4 Å². The molecule has 0 saturated heterocycles. The largest absolute Gasteiger partial charge is 0.497 e. The number of hydrogen-bond donors (Lipinski definition) is 0. The summed E-state index contributed by atoms with van der Waals surface area (Å²) >= 11 is 0. The quantitative estimate of drug-likeness (QED) is 0.428. The van der Waals surface area contributed by atoms with Gasteiger partial charge in [-0.25, -0.2) is 14.4 Å². The summed E-state index contributed by atoms with van der Waals surface area (Å²) in [6.07, 6.45) is 0.943. The van der Waals surface area contributed by atoms with Crippen LogP contribution in [-0.2, 0) is 23.9 Å². The van der Waals surface area contributed by atoms with Crippen molar-refractivity contribution in [3.63, 3.8) is 0 Å². The molecular weight excluding hydrogens is 304 g/mol. The topological polar surface area (TPSA) is 88.1 Å². The normalized spacial score (nSPS) is 11.6. The first-order chi connectivity index (χ1) is 11.0. The van der Waals surface area contributed by atoms with E-state index in [1.54, 1.807) is 31.2 Å². The first-order valence-corrected chi connectivity index (χ1v) is 6.82. The molecule has 1 aromatic rings. The lowest BCUT2D eigenvalue weighted by Crippen LogP contribution is -2.30. The Kier molecular flexibility index (Phi) is 7.32. The molecule has 1 aromatic carbocycles. The van der Waals surface area contributed by atoms with Crippen LogP contribution >= 0.6 is 0 Å². The first kappa shape index (κ1) is 18.2. The number of hydrogen-bond acceptors (Lipinski definition) is 7. The van der Waals surface area contributed by atoms with Crippen LogP contribution in [0.2, 0.25) is 0 Å². The average molecular weight is 322 g/mol. The molecule has 1 atom stereocenters. The maximum absolute atomic E-state index is 12.0. The molecule has 0 N–H and O–H groups in total. The molecular formula is C16H18O7. The molecule has 0 fully saturated rings. The van der Waals surface area contributed by atoms with Gasteiger partial charge in [-0.15, -0.1) is 0 Å². The van der Waals surface area contributed by atoms with E-state index in [0.717, 1.165) is 12.2 Å². The molecule has 0 radical (unpaired) electrons. The second-order valence-corrected chi connectivity index (χ2v) is 4.29. The van der Waals surface area contributed by atoms with Gasteiger partial charge in [0.15, 0.2) is 6.10 Å². The predicted octanol–water partition coefficient (Wildman–Crippen LogP) is 1.65. The van der Waals surface area contributed by atoms with Gasteiger partial charge in [-0.3, -0.25) is 0 Å². The highest BCUT2D eigenvalue weighted by molar-refractivity contribution is 5.92. The summed E-state index contributed by atoms with van der Waals surface area (Å²) in [7, 11) is 2.70. The highest BCUT2D eigenvalue weighted by Crippen LogP contribution is 2.18. The van der Waals surface area contributed by atoms with Crippen molar-refractivity contribution >= 4 is 17.9 Å². The van der Waals surface area contributed by atoms with Crippen LogP contribution in [0.25, 0.3) is 0 Å². The Labute approximate surface area is 133 Å². The number of esters is 3. The number of benzene rings is 1. The number of ether oxygens (including phenoxy) is 4. The maximum atomic E-state index is 12.0. The third-order valence-corrected chi connectivity index (χ3v) is 2.73. The van der Waals surface area contributed by atoms with Crippen LogP contribution in [0.4, 0.5) is 0 Å². The van der Waals surface area contributed by atoms with Gasteiger partial charge in [-0.05, 0) is 30.7 Å². The number of methoxy groups -OCH3 is 2. The van der Waals surface area contributed by atoms with Gasteiger partial charge in [0, 0.05) is 12.2 Å². The molecule has 124 valence electrons. The van der Waals surface area contributed by atoms with Crippen molar-refractivity contribution in [1.29, 1.82) is 0 Å². The highest BCUT2D eigenvalue weighted by Gasteiger charge is 2.22. The van der Waals surface area contributed by atoms with E-state index in [4.69, 9.17) is 14.2 Å². The van der Waals surface area contributed by atoms with E-state index in [0.29, 0.717) is 11.5 Å². The summed E-state index contributed by atoms with van der Waals surface area (Å²) in [6.45, 7) is 1.66. The van der Waals surface area contributed by atoms with Gasteiger partial charge in [0.2, 0.25) is 0 Å². The summed E-state index contributed by atoms with van der Waals surface area (Å²) < 4.78 is 19.4. The Morgan fingerprint density at radius 3 is 2.09 bits per heavy atom. The molecule has 0 spiro atoms. The Bertz CT molecular complexity index is 575. The zero-order valence-electron chi connectivity index (χ0n) is 13.1. The minimum atomic E-state index is -1.08. The first-order valence-electron chi connectivity index (χ1n) is 6.82. The van der Waals surface area contributed by atoms with Crippen LogP contribution in [0.1, 0.15) is 13.3 Å². The molecule has 0 aliphatic heterocycles. The minimum absolute atomic E-state index is 0.229. The Hall–Kier alpha value is -2.83. The molecule has 7 heteroatoms. The van der Waals surface area contributed by atoms with Crippen LogP contribution in [-0.4, -0.2) is 38.2 Å². The summed E-state index contributed by atoms with van der Waals surface area (Å²) in [4.78, 5) is 34.4. The average Bonchev–Trinajstić information content (AvgIpc) is 2.57. The van der Waals surface area contributed by atoms with Crippen LogP contribution in [0.5, 0.6) is 11.5 Å². The van der Waals surface area contributed by atoms with Crippen molar-refractivity contribution in [3.05, 3.63) is 36.4 Å². The molecule has 0 aliphatic carbocycles. The van der Waals surface area contributed by atoms with Crippen molar-refractivity contribution in [2.75, 3.05) is 14.2 Å². The number of rotatable bonds is 7. The van der Waals surface area contributed by atoms with Crippen molar-refractivity contribution in [1.82, 2.24) is 0 Å². The zero-order valence-corrected chi connectivity index (χ0v) is 13.1. The van der Waals surface area contributed by atoms with E-state index >= 15 is 0 Å². The van der Waals surface area contributed by atoms with Crippen molar-refractivity contribution < 1.29 is 33.3 Å². The summed E-state index contributed by atoms with van der Waals surface area (Å²) in [5.41, 5.74) is 0. The third-order valence-electron chi connectivity index (χ3n) is 2.73. The molecule has 0 heterocycles. The van der Waals surface area contributed by atoms with Crippen LogP contribution < -0.4 is 9.47 Å². The Morgan fingerprint density at radius 1 is 1.00 bits per heavy atom. The minimum Gasteiger partial charge on any atom is -0.497 e. The lowest BCUT2D eigenvalue weighted by molar-refractivity contribution is -0.159. The van der Waals surface area contributed by atoms with Gasteiger partial charge in [0.05, 0.1) is 14.2 Å². The molecule has 1 rings (SSSR count). The second kappa shape index (κ2) is 9.24. The summed E-state index contributed by atoms with van der Waals surface area (Å²) in [5.74, 6) is -1.33. The van der Waals surface area contributed by atoms with Crippen LogP contribution in [0.3, 0.4) is 0 Å². The van der Waals surface area contributed by atoms with Gasteiger partial charge in [-0.1, -0.05) is 6.92 Å². The summed E-state index contributed by atoms with van der Waals surface area (Å²) in [6, 6.07) is 6.38. The number of carbonyl (C=O) groups is 3. The fourth-order valence-corrected chi connectivity index (χ4v) is 1.51. The lowest BCUT2D eigenvalue weighted by Gasteiger charge is -2.14. The smallest absolute Gasteiger partial charge is 0.352 e.